The Morgan fingerprint density at radius 3 is 2.22 bits per heavy atom. The summed E-state index contributed by atoms with van der Waals surface area (Å²) in [5.74, 6) is -0.636. The second-order valence-electron chi connectivity index (χ2n) is 4.73. The van der Waals surface area contributed by atoms with Crippen molar-refractivity contribution >= 4 is 22.4 Å². The van der Waals surface area contributed by atoms with Crippen LogP contribution in [0, 0.1) is 5.92 Å². The summed E-state index contributed by atoms with van der Waals surface area (Å²) in [6.45, 7) is 1.69. The van der Waals surface area contributed by atoms with Crippen molar-refractivity contribution in [1.29, 1.82) is 0 Å². The molecule has 1 atom stereocenters. The third-order valence-corrected chi connectivity index (χ3v) is 5.98. The fraction of sp³-hybridized carbons (Fsp3) is 1.00. The Balaban J connectivity index is 0.00000162. The minimum Gasteiger partial charge on any atom is -0.315 e. The number of hydrogen-bond acceptors (Lipinski definition) is 3. The van der Waals surface area contributed by atoms with E-state index in [4.69, 9.17) is 0 Å². The zero-order valence-corrected chi connectivity index (χ0v) is 11.7. The van der Waals surface area contributed by atoms with Gasteiger partial charge in [0.2, 0.25) is 16.4 Å². The maximum Gasteiger partial charge on any atom is 0.241 e. The number of hydrogen-bond donors (Lipinski definition) is 1. The highest BCUT2D eigenvalue weighted by atomic mass is 35.5. The summed E-state index contributed by atoms with van der Waals surface area (Å²) in [6.07, 6.45) is -1.15. The summed E-state index contributed by atoms with van der Waals surface area (Å²) in [5.41, 5.74) is 0. The van der Waals surface area contributed by atoms with Crippen LogP contribution in [0.3, 0.4) is 0 Å². The first-order valence-electron chi connectivity index (χ1n) is 5.99. The van der Waals surface area contributed by atoms with E-state index in [0.717, 1.165) is 6.54 Å². The van der Waals surface area contributed by atoms with E-state index < -0.39 is 22.4 Å². The van der Waals surface area contributed by atoms with E-state index in [0.29, 0.717) is 13.0 Å². The van der Waals surface area contributed by atoms with Crippen LogP contribution in [0.4, 0.5) is 8.78 Å². The number of halogens is 3. The molecule has 8 heteroatoms. The highest BCUT2D eigenvalue weighted by Gasteiger charge is 2.37. The molecule has 0 radical (unpaired) electrons. The van der Waals surface area contributed by atoms with Crippen molar-refractivity contribution in [3.63, 3.8) is 0 Å². The van der Waals surface area contributed by atoms with Crippen molar-refractivity contribution in [2.45, 2.75) is 30.9 Å². The molecule has 2 saturated heterocycles. The van der Waals surface area contributed by atoms with Gasteiger partial charge in [-0.25, -0.2) is 21.5 Å². The Hall–Kier alpha value is 0.0200. The van der Waals surface area contributed by atoms with Crippen LogP contribution in [0.2, 0.25) is 0 Å². The third-order valence-electron chi connectivity index (χ3n) is 3.65. The standard InChI is InChI=1S/C10H18F2N2O2S.ClH/c11-10(12)8-2-5-14(6-3-8)17(15,16)9-1-4-13-7-9;/h8-10,13H,1-7H2;1H. The van der Waals surface area contributed by atoms with E-state index in [-0.39, 0.29) is 43.6 Å². The van der Waals surface area contributed by atoms with Crippen molar-refractivity contribution in [3.05, 3.63) is 0 Å². The molecular formula is C10H19ClF2N2O2S. The molecule has 108 valence electrons. The van der Waals surface area contributed by atoms with E-state index in [1.165, 1.54) is 4.31 Å². The first-order chi connectivity index (χ1) is 8.01. The van der Waals surface area contributed by atoms with Gasteiger partial charge in [-0.2, -0.15) is 0 Å². The zero-order chi connectivity index (χ0) is 12.5. The molecule has 0 aromatic carbocycles. The fourth-order valence-electron chi connectivity index (χ4n) is 2.48. The molecule has 0 spiro atoms. The minimum atomic E-state index is -3.28. The van der Waals surface area contributed by atoms with Crippen LogP contribution >= 0.6 is 12.4 Å². The van der Waals surface area contributed by atoms with Gasteiger partial charge in [-0.15, -0.1) is 12.4 Å². The molecule has 2 aliphatic heterocycles. The van der Waals surface area contributed by atoms with E-state index in [1.807, 2.05) is 0 Å². The lowest BCUT2D eigenvalue weighted by molar-refractivity contribution is 0.0489. The molecule has 0 amide bonds. The molecule has 18 heavy (non-hydrogen) atoms. The molecule has 0 bridgehead atoms. The summed E-state index contributed by atoms with van der Waals surface area (Å²) in [4.78, 5) is 0. The second kappa shape index (κ2) is 6.45. The van der Waals surface area contributed by atoms with Crippen LogP contribution in [0.15, 0.2) is 0 Å². The summed E-state index contributed by atoms with van der Waals surface area (Å²) in [6, 6.07) is 0. The van der Waals surface area contributed by atoms with Crippen LogP contribution in [-0.2, 0) is 10.0 Å². The van der Waals surface area contributed by atoms with E-state index in [9.17, 15) is 17.2 Å². The Morgan fingerprint density at radius 1 is 1.17 bits per heavy atom. The third kappa shape index (κ3) is 3.31. The van der Waals surface area contributed by atoms with Crippen molar-refractivity contribution < 1.29 is 17.2 Å². The Morgan fingerprint density at radius 2 is 1.78 bits per heavy atom. The normalized spacial score (nSPS) is 27.4. The lowest BCUT2D eigenvalue weighted by Crippen LogP contribution is -2.45. The van der Waals surface area contributed by atoms with Gasteiger partial charge in [-0.1, -0.05) is 0 Å². The number of alkyl halides is 2. The molecule has 2 rings (SSSR count). The molecule has 0 aromatic heterocycles. The summed E-state index contributed by atoms with van der Waals surface area (Å²) in [5, 5.41) is 2.65. The number of nitrogens with one attached hydrogen (secondary N) is 1. The summed E-state index contributed by atoms with van der Waals surface area (Å²) < 4.78 is 50.7. The van der Waals surface area contributed by atoms with Crippen molar-refractivity contribution in [3.8, 4) is 0 Å². The average molecular weight is 305 g/mol. The lowest BCUT2D eigenvalue weighted by Gasteiger charge is -2.32. The SMILES string of the molecule is Cl.O=S(=O)(C1CCNC1)N1CCC(C(F)F)CC1. The first-order valence-corrected chi connectivity index (χ1v) is 7.50. The molecule has 4 nitrogen and oxygen atoms in total. The van der Waals surface area contributed by atoms with Gasteiger partial charge < -0.3 is 5.32 Å². The highest BCUT2D eigenvalue weighted by molar-refractivity contribution is 7.89. The predicted molar refractivity (Wildman–Crippen MR) is 67.7 cm³/mol. The lowest BCUT2D eigenvalue weighted by atomic mass is 9.99. The van der Waals surface area contributed by atoms with Gasteiger partial charge >= 0.3 is 0 Å². The smallest absolute Gasteiger partial charge is 0.241 e. The Bertz CT molecular complexity index is 353. The van der Waals surface area contributed by atoms with Crippen LogP contribution in [0.1, 0.15) is 19.3 Å². The number of piperidine rings is 1. The van der Waals surface area contributed by atoms with Gasteiger partial charge in [0.25, 0.3) is 0 Å². The van der Waals surface area contributed by atoms with Crippen molar-refractivity contribution in [2.75, 3.05) is 26.2 Å². The van der Waals surface area contributed by atoms with Gasteiger partial charge in [-0.3, -0.25) is 0 Å². The maximum atomic E-state index is 12.5. The van der Waals surface area contributed by atoms with Gasteiger partial charge in [0, 0.05) is 25.6 Å². The molecule has 2 aliphatic rings. The molecule has 0 saturated carbocycles. The van der Waals surface area contributed by atoms with Crippen molar-refractivity contribution in [1.82, 2.24) is 9.62 Å². The molecule has 1 unspecified atom stereocenters. The quantitative estimate of drug-likeness (QED) is 0.849. The van der Waals surface area contributed by atoms with Crippen LogP contribution in [0.25, 0.3) is 0 Å². The van der Waals surface area contributed by atoms with Crippen molar-refractivity contribution in [2.24, 2.45) is 5.92 Å². The molecule has 0 aliphatic carbocycles. The van der Waals surface area contributed by atoms with Gasteiger partial charge in [0.1, 0.15) is 0 Å². The Kier molecular flexibility index (Phi) is 5.76. The van der Waals surface area contributed by atoms with E-state index in [2.05, 4.69) is 5.32 Å². The first kappa shape index (κ1) is 16.1. The molecule has 0 aromatic rings. The van der Waals surface area contributed by atoms with Gasteiger partial charge in [0.05, 0.1) is 5.25 Å². The largest absolute Gasteiger partial charge is 0.315 e. The fourth-order valence-corrected chi connectivity index (χ4v) is 4.36. The van der Waals surface area contributed by atoms with E-state index >= 15 is 0 Å². The summed E-state index contributed by atoms with van der Waals surface area (Å²) >= 11 is 0. The predicted octanol–water partition coefficient (Wildman–Crippen LogP) is 1.08. The average Bonchev–Trinajstić information content (AvgIpc) is 2.83. The monoisotopic (exact) mass is 304 g/mol. The molecule has 1 N–H and O–H groups in total. The topological polar surface area (TPSA) is 49.4 Å². The number of sulfonamides is 1. The Labute approximate surface area is 113 Å². The summed E-state index contributed by atoms with van der Waals surface area (Å²) in [7, 11) is -3.28. The van der Waals surface area contributed by atoms with Gasteiger partial charge in [0.15, 0.2) is 0 Å². The molecule has 2 fully saturated rings. The van der Waals surface area contributed by atoms with Crippen LogP contribution in [-0.4, -0.2) is 50.6 Å². The number of nitrogens with zero attached hydrogens (tertiary/aromatic N) is 1. The van der Waals surface area contributed by atoms with E-state index in [1.54, 1.807) is 0 Å². The molecule has 2 heterocycles. The molecular weight excluding hydrogens is 286 g/mol. The van der Waals surface area contributed by atoms with Gasteiger partial charge in [-0.05, 0) is 25.8 Å². The maximum absolute atomic E-state index is 12.5. The zero-order valence-electron chi connectivity index (χ0n) is 10.0. The minimum absolute atomic E-state index is 0. The van der Waals surface area contributed by atoms with Crippen LogP contribution in [0.5, 0.6) is 0 Å². The highest BCUT2D eigenvalue weighted by Crippen LogP contribution is 2.27. The number of rotatable bonds is 3. The second-order valence-corrected chi connectivity index (χ2v) is 6.94. The van der Waals surface area contributed by atoms with Crippen LogP contribution < -0.4 is 5.32 Å².